The molecule has 0 fully saturated rings. The Labute approximate surface area is 279 Å². The number of aliphatic hydroxyl groups is 2. The SMILES string of the molecule is CC[C@@H](CCC[C@@H](CO)N(C(C)C)S(=O)(=O)c1ccc([C@@H](C)O)cc1)NC(=O)[C@@H](NC(=O)OC)C(c1ccccc1)c1ccccc1. The summed E-state index contributed by atoms with van der Waals surface area (Å²) < 4.78 is 33.6. The van der Waals surface area contributed by atoms with E-state index in [2.05, 4.69) is 10.6 Å². The highest BCUT2D eigenvalue weighted by molar-refractivity contribution is 7.89. The fourth-order valence-corrected chi connectivity index (χ4v) is 7.73. The highest BCUT2D eigenvalue weighted by atomic mass is 32.2. The van der Waals surface area contributed by atoms with E-state index in [9.17, 15) is 28.2 Å². The van der Waals surface area contributed by atoms with Crippen LogP contribution in [0.3, 0.4) is 0 Å². The van der Waals surface area contributed by atoms with Gasteiger partial charge in [-0.3, -0.25) is 4.79 Å². The molecule has 3 rings (SSSR count). The van der Waals surface area contributed by atoms with Gasteiger partial charge in [0.25, 0.3) is 0 Å². The maximum atomic E-state index is 13.9. The van der Waals surface area contributed by atoms with Crippen molar-refractivity contribution in [1.29, 1.82) is 0 Å². The van der Waals surface area contributed by atoms with Crippen LogP contribution in [0.4, 0.5) is 4.79 Å². The molecule has 0 saturated heterocycles. The van der Waals surface area contributed by atoms with Crippen LogP contribution >= 0.6 is 0 Å². The molecule has 0 unspecified atom stereocenters. The van der Waals surface area contributed by atoms with E-state index in [4.69, 9.17) is 4.74 Å². The van der Waals surface area contributed by atoms with Gasteiger partial charge in [0, 0.05) is 24.0 Å². The van der Waals surface area contributed by atoms with E-state index in [1.807, 2.05) is 67.6 Å². The van der Waals surface area contributed by atoms with Gasteiger partial charge in [-0.15, -0.1) is 0 Å². The molecule has 0 saturated carbocycles. The van der Waals surface area contributed by atoms with Crippen molar-refractivity contribution in [2.24, 2.45) is 0 Å². The molecule has 2 amide bonds. The molecule has 0 aliphatic rings. The van der Waals surface area contributed by atoms with E-state index in [0.717, 1.165) is 11.1 Å². The van der Waals surface area contributed by atoms with Gasteiger partial charge in [-0.05, 0) is 75.3 Å². The van der Waals surface area contributed by atoms with Crippen molar-refractivity contribution in [1.82, 2.24) is 14.9 Å². The van der Waals surface area contributed by atoms with E-state index in [1.54, 1.807) is 32.9 Å². The van der Waals surface area contributed by atoms with Crippen LogP contribution in [0, 0.1) is 0 Å². The van der Waals surface area contributed by atoms with Gasteiger partial charge in [0.05, 0.1) is 24.7 Å². The number of rotatable bonds is 17. The monoisotopic (exact) mass is 667 g/mol. The van der Waals surface area contributed by atoms with Crippen molar-refractivity contribution in [3.8, 4) is 0 Å². The molecule has 3 aromatic rings. The van der Waals surface area contributed by atoms with Gasteiger partial charge in [0.2, 0.25) is 15.9 Å². The summed E-state index contributed by atoms with van der Waals surface area (Å²) in [5, 5.41) is 26.0. The third-order valence-corrected chi connectivity index (χ3v) is 10.5. The Morgan fingerprint density at radius 3 is 1.83 bits per heavy atom. The first-order valence-electron chi connectivity index (χ1n) is 16.1. The number of nitrogens with zero attached hydrogens (tertiary/aromatic N) is 1. The predicted molar refractivity (Wildman–Crippen MR) is 182 cm³/mol. The first-order chi connectivity index (χ1) is 22.4. The average Bonchev–Trinajstić information content (AvgIpc) is 3.07. The Morgan fingerprint density at radius 1 is 0.830 bits per heavy atom. The first kappa shape index (κ1) is 37.7. The number of hydrogen-bond acceptors (Lipinski definition) is 7. The molecule has 4 N–H and O–H groups in total. The summed E-state index contributed by atoms with van der Waals surface area (Å²) in [5.41, 5.74) is 2.31. The van der Waals surface area contributed by atoms with Crippen molar-refractivity contribution < 1.29 is 33.0 Å². The summed E-state index contributed by atoms with van der Waals surface area (Å²) in [6, 6.07) is 22.7. The summed E-state index contributed by atoms with van der Waals surface area (Å²) in [7, 11) is -2.70. The van der Waals surface area contributed by atoms with Crippen molar-refractivity contribution in [3.63, 3.8) is 0 Å². The standard InChI is InChI=1S/C36H49N3O7S/c1-6-30(18-13-19-31(24-40)39(25(2)3)47(44,45)32-22-20-27(21-23-32)26(4)41)37-35(42)34(38-36(43)46-5)33(28-14-9-7-10-15-28)29-16-11-8-12-17-29/h7-12,14-17,20-23,25-26,30-31,33-34,40-41H,6,13,18-19,24H2,1-5H3,(H,37,42)(H,38,43)/t26-,30+,31+,34+/m1/s1. The van der Waals surface area contributed by atoms with Gasteiger partial charge in [-0.1, -0.05) is 79.7 Å². The summed E-state index contributed by atoms with van der Waals surface area (Å²) in [4.78, 5) is 26.5. The lowest BCUT2D eigenvalue weighted by atomic mass is 9.84. The van der Waals surface area contributed by atoms with Crippen molar-refractivity contribution in [2.75, 3.05) is 13.7 Å². The van der Waals surface area contributed by atoms with Crippen molar-refractivity contribution >= 4 is 22.0 Å². The zero-order valence-corrected chi connectivity index (χ0v) is 28.7. The molecule has 4 atom stereocenters. The number of nitrogens with one attached hydrogen (secondary N) is 2. The number of ether oxygens (including phenoxy) is 1. The molecule has 0 bridgehead atoms. The van der Waals surface area contributed by atoms with Crippen LogP contribution in [0.1, 0.15) is 82.1 Å². The second-order valence-corrected chi connectivity index (χ2v) is 13.8. The smallest absolute Gasteiger partial charge is 0.407 e. The number of amides is 2. The quantitative estimate of drug-likeness (QED) is 0.156. The summed E-state index contributed by atoms with van der Waals surface area (Å²) >= 11 is 0. The van der Waals surface area contributed by atoms with Gasteiger partial charge in [-0.25, -0.2) is 13.2 Å². The molecule has 3 aromatic carbocycles. The van der Waals surface area contributed by atoms with Crippen molar-refractivity contribution in [2.45, 2.75) is 94.5 Å². The number of alkyl carbamates (subject to hydrolysis) is 1. The minimum atomic E-state index is -3.95. The second-order valence-electron chi connectivity index (χ2n) is 12.0. The zero-order chi connectivity index (χ0) is 34.6. The van der Waals surface area contributed by atoms with Gasteiger partial charge >= 0.3 is 6.09 Å². The fraction of sp³-hybridized carbons (Fsp3) is 0.444. The fourth-order valence-electron chi connectivity index (χ4n) is 5.89. The van der Waals surface area contributed by atoms with Gasteiger partial charge < -0.3 is 25.6 Å². The molecule has 0 aliphatic heterocycles. The normalized spacial score (nSPS) is 14.4. The number of sulfonamides is 1. The minimum absolute atomic E-state index is 0.0864. The molecule has 0 spiro atoms. The Balaban J connectivity index is 1.78. The second kappa shape index (κ2) is 18.0. The van der Waals surface area contributed by atoms with E-state index in [1.165, 1.54) is 23.5 Å². The van der Waals surface area contributed by atoms with Crippen LogP contribution in [0.15, 0.2) is 89.8 Å². The van der Waals surface area contributed by atoms with Crippen molar-refractivity contribution in [3.05, 3.63) is 102 Å². The summed E-state index contributed by atoms with van der Waals surface area (Å²) in [6.45, 7) is 6.73. The number of carbonyl (C=O) groups excluding carboxylic acids is 2. The largest absolute Gasteiger partial charge is 0.453 e. The molecular weight excluding hydrogens is 618 g/mol. The molecular formula is C36H49N3O7S. The van der Waals surface area contributed by atoms with Gasteiger partial charge in [-0.2, -0.15) is 4.31 Å². The predicted octanol–water partition coefficient (Wildman–Crippen LogP) is 5.12. The highest BCUT2D eigenvalue weighted by Crippen LogP contribution is 2.29. The first-order valence-corrected chi connectivity index (χ1v) is 17.6. The van der Waals surface area contributed by atoms with Crippen LogP contribution in [0.2, 0.25) is 0 Å². The lowest BCUT2D eigenvalue weighted by Gasteiger charge is -2.33. The van der Waals surface area contributed by atoms with E-state index >= 15 is 0 Å². The topological polar surface area (TPSA) is 145 Å². The third kappa shape index (κ3) is 10.1. The maximum absolute atomic E-state index is 13.9. The molecule has 11 heteroatoms. The minimum Gasteiger partial charge on any atom is -0.453 e. The Bertz CT molecular complexity index is 1460. The van der Waals surface area contributed by atoms with Gasteiger partial charge in [0.1, 0.15) is 6.04 Å². The molecule has 0 radical (unpaired) electrons. The molecule has 0 aliphatic carbocycles. The molecule has 0 aromatic heterocycles. The average molecular weight is 668 g/mol. The summed E-state index contributed by atoms with van der Waals surface area (Å²) in [6.07, 6.45) is 0.575. The lowest BCUT2D eigenvalue weighted by Crippen LogP contribution is -2.52. The van der Waals surface area contributed by atoms with Crippen LogP contribution in [0.5, 0.6) is 0 Å². The number of methoxy groups -OCH3 is 1. The number of benzene rings is 3. The Kier molecular flexibility index (Phi) is 14.4. The van der Waals surface area contributed by atoms with E-state index in [-0.39, 0.29) is 23.5 Å². The van der Waals surface area contributed by atoms with E-state index < -0.39 is 46.3 Å². The zero-order valence-electron chi connectivity index (χ0n) is 27.9. The van der Waals surface area contributed by atoms with Crippen LogP contribution in [-0.2, 0) is 19.6 Å². The lowest BCUT2D eigenvalue weighted by molar-refractivity contribution is -0.124. The number of hydrogen-bond donors (Lipinski definition) is 4. The highest BCUT2D eigenvalue weighted by Gasteiger charge is 2.35. The third-order valence-electron chi connectivity index (χ3n) is 8.34. The Hall–Kier alpha value is -3.77. The number of aliphatic hydroxyl groups excluding tert-OH is 2. The summed E-state index contributed by atoms with van der Waals surface area (Å²) in [5.74, 6) is -0.863. The van der Waals surface area contributed by atoms with E-state index in [0.29, 0.717) is 31.2 Å². The van der Waals surface area contributed by atoms with Crippen LogP contribution < -0.4 is 10.6 Å². The molecule has 0 heterocycles. The molecule has 256 valence electrons. The maximum Gasteiger partial charge on any atom is 0.407 e. The molecule has 10 nitrogen and oxygen atoms in total. The molecule has 47 heavy (non-hydrogen) atoms. The number of carbonyl (C=O) groups is 2. The van der Waals surface area contributed by atoms with Crippen LogP contribution in [0.25, 0.3) is 0 Å². The Morgan fingerprint density at radius 2 is 1.38 bits per heavy atom. The van der Waals surface area contributed by atoms with Crippen LogP contribution in [-0.4, -0.2) is 72.8 Å². The van der Waals surface area contributed by atoms with Gasteiger partial charge in [0.15, 0.2) is 0 Å².